The molecule has 166 valence electrons. The topological polar surface area (TPSA) is 74.0 Å². The summed E-state index contributed by atoms with van der Waals surface area (Å²) < 4.78 is 36.4. The van der Waals surface area contributed by atoms with Gasteiger partial charge in [0.1, 0.15) is 20.9 Å². The predicted octanol–water partition coefficient (Wildman–Crippen LogP) is 6.13. The molecule has 0 amide bonds. The van der Waals surface area contributed by atoms with Crippen LogP contribution in [0.1, 0.15) is 38.1 Å². The van der Waals surface area contributed by atoms with E-state index < -0.39 is 28.0 Å². The van der Waals surface area contributed by atoms with Gasteiger partial charge in [-0.05, 0) is 66.5 Å². The molecule has 5 nitrogen and oxygen atoms in total. The Labute approximate surface area is 197 Å². The summed E-state index contributed by atoms with van der Waals surface area (Å²) in [7, 11) is 0. The van der Waals surface area contributed by atoms with Gasteiger partial charge in [-0.15, -0.1) is 4.72 Å². The lowest BCUT2D eigenvalue weighted by molar-refractivity contribution is 0.459. The van der Waals surface area contributed by atoms with Crippen molar-refractivity contribution in [3.05, 3.63) is 82.3 Å². The second-order valence-corrected chi connectivity index (χ2v) is 11.2. The van der Waals surface area contributed by atoms with E-state index in [2.05, 4.69) is 30.8 Å². The molecular formula is C24H23BrFN3O2S. The second-order valence-electron chi connectivity index (χ2n) is 8.43. The summed E-state index contributed by atoms with van der Waals surface area (Å²) in [4.78, 5) is 4.32. The lowest BCUT2D eigenvalue weighted by Gasteiger charge is -2.29. The third-order valence-corrected chi connectivity index (χ3v) is 7.11. The molecule has 8 heteroatoms. The van der Waals surface area contributed by atoms with E-state index in [-0.39, 0.29) is 12.1 Å². The number of pyridine rings is 1. The summed E-state index contributed by atoms with van der Waals surface area (Å²) in [5.41, 5.74) is 3.32. The number of para-hydroxylation sites is 1. The van der Waals surface area contributed by atoms with Gasteiger partial charge in [0.2, 0.25) is 0 Å². The van der Waals surface area contributed by atoms with Crippen LogP contribution < -0.4 is 4.72 Å². The van der Waals surface area contributed by atoms with Crippen molar-refractivity contribution in [2.24, 2.45) is 0 Å². The number of fused-ring (bicyclic) bond motifs is 1. The summed E-state index contributed by atoms with van der Waals surface area (Å²) in [5.74, 6) is -0.411. The van der Waals surface area contributed by atoms with Gasteiger partial charge in [0, 0.05) is 28.7 Å². The molecule has 0 aliphatic carbocycles. The van der Waals surface area contributed by atoms with Crippen molar-refractivity contribution in [2.45, 2.75) is 38.0 Å². The highest BCUT2D eigenvalue weighted by Crippen LogP contribution is 2.35. The van der Waals surface area contributed by atoms with Gasteiger partial charge >= 0.3 is 0 Å². The Bertz CT molecular complexity index is 1240. The zero-order valence-electron chi connectivity index (χ0n) is 17.9. The Morgan fingerprint density at radius 1 is 1.09 bits per heavy atom. The maximum Gasteiger partial charge on any atom is 0.167 e. The minimum Gasteiger partial charge on any atom is -0.598 e. The van der Waals surface area contributed by atoms with E-state index in [1.807, 2.05) is 69.3 Å². The minimum atomic E-state index is -1.39. The SMILES string of the molecule is CC(C)(C)[S@+]([O-])NC(Cc1nc(Br)ccc1F)c1ccccc1-c1noc2ccccc12. The molecule has 2 atom stereocenters. The Kier molecular flexibility index (Phi) is 6.67. The molecule has 0 aliphatic heterocycles. The number of nitrogens with one attached hydrogen (secondary N) is 1. The molecule has 2 aromatic heterocycles. The first kappa shape index (κ1) is 22.9. The highest BCUT2D eigenvalue weighted by atomic mass is 79.9. The van der Waals surface area contributed by atoms with E-state index in [1.54, 1.807) is 6.07 Å². The fourth-order valence-corrected chi connectivity index (χ4v) is 4.58. The van der Waals surface area contributed by atoms with Crippen molar-refractivity contribution < 1.29 is 13.5 Å². The van der Waals surface area contributed by atoms with Crippen molar-refractivity contribution in [3.8, 4) is 11.3 Å². The first-order valence-electron chi connectivity index (χ1n) is 10.2. The number of hydrogen-bond donors (Lipinski definition) is 1. The highest BCUT2D eigenvalue weighted by Gasteiger charge is 2.32. The minimum absolute atomic E-state index is 0.208. The number of benzene rings is 2. The summed E-state index contributed by atoms with van der Waals surface area (Å²) in [5, 5.41) is 5.18. The van der Waals surface area contributed by atoms with Crippen molar-refractivity contribution in [2.75, 3.05) is 0 Å². The van der Waals surface area contributed by atoms with E-state index >= 15 is 0 Å². The summed E-state index contributed by atoms with van der Waals surface area (Å²) in [6.45, 7) is 5.67. The Balaban J connectivity index is 1.82. The van der Waals surface area contributed by atoms with Crippen molar-refractivity contribution in [1.29, 1.82) is 0 Å². The fourth-order valence-electron chi connectivity index (χ4n) is 3.41. The number of hydrogen-bond acceptors (Lipinski definition) is 5. The number of halogens is 2. The molecule has 0 spiro atoms. The van der Waals surface area contributed by atoms with Crippen LogP contribution in [0.5, 0.6) is 0 Å². The third kappa shape index (κ3) is 4.88. The van der Waals surface area contributed by atoms with Gasteiger partial charge in [0.15, 0.2) is 5.58 Å². The van der Waals surface area contributed by atoms with E-state index in [4.69, 9.17) is 4.52 Å². The van der Waals surface area contributed by atoms with E-state index in [0.717, 1.165) is 16.5 Å². The largest absolute Gasteiger partial charge is 0.598 e. The zero-order valence-corrected chi connectivity index (χ0v) is 20.3. The highest BCUT2D eigenvalue weighted by molar-refractivity contribution is 9.10. The van der Waals surface area contributed by atoms with Crippen LogP contribution in [-0.4, -0.2) is 19.4 Å². The quantitative estimate of drug-likeness (QED) is 0.247. The van der Waals surface area contributed by atoms with Gasteiger partial charge in [0.25, 0.3) is 0 Å². The molecular weight excluding hydrogens is 493 g/mol. The van der Waals surface area contributed by atoms with Crippen molar-refractivity contribution in [3.63, 3.8) is 0 Å². The maximum atomic E-state index is 14.6. The molecule has 2 aromatic carbocycles. The zero-order chi connectivity index (χ0) is 22.9. The van der Waals surface area contributed by atoms with Crippen LogP contribution >= 0.6 is 15.9 Å². The average Bonchev–Trinajstić information content (AvgIpc) is 3.19. The Morgan fingerprint density at radius 2 is 1.81 bits per heavy atom. The summed E-state index contributed by atoms with van der Waals surface area (Å²) >= 11 is 1.93. The standard InChI is InChI=1S/C24H23BrFN3O2S/c1-24(2,3)32(30)29-19(14-20-18(26)12-13-22(25)27-20)15-8-4-5-9-16(15)23-17-10-6-7-11-21(17)31-28-23/h4-13,19,29H,14H2,1-3H3/t19?,32-/m0/s1. The summed E-state index contributed by atoms with van der Waals surface area (Å²) in [6, 6.07) is 17.8. The molecule has 0 bridgehead atoms. The smallest absolute Gasteiger partial charge is 0.167 e. The number of rotatable bonds is 6. The third-order valence-electron chi connectivity index (χ3n) is 5.06. The molecule has 4 aromatic rings. The van der Waals surface area contributed by atoms with Crippen LogP contribution in [0.25, 0.3) is 22.2 Å². The molecule has 0 saturated heterocycles. The lowest BCUT2D eigenvalue weighted by Crippen LogP contribution is -2.42. The van der Waals surface area contributed by atoms with Crippen LogP contribution in [0, 0.1) is 5.82 Å². The molecule has 1 N–H and O–H groups in total. The van der Waals surface area contributed by atoms with Gasteiger partial charge in [-0.1, -0.05) is 41.6 Å². The van der Waals surface area contributed by atoms with Gasteiger partial charge in [-0.25, -0.2) is 9.37 Å². The van der Waals surface area contributed by atoms with E-state index in [0.29, 0.717) is 15.9 Å². The van der Waals surface area contributed by atoms with Gasteiger partial charge in [-0.3, -0.25) is 0 Å². The normalized spacial score (nSPS) is 13.9. The monoisotopic (exact) mass is 515 g/mol. The van der Waals surface area contributed by atoms with Crippen LogP contribution in [0.2, 0.25) is 0 Å². The molecule has 4 rings (SSSR count). The molecule has 1 unspecified atom stereocenters. The Hall–Kier alpha value is -2.26. The van der Waals surface area contributed by atoms with Gasteiger partial charge in [-0.2, -0.15) is 0 Å². The summed E-state index contributed by atoms with van der Waals surface area (Å²) in [6.07, 6.45) is 0.208. The van der Waals surface area contributed by atoms with E-state index in [1.165, 1.54) is 6.07 Å². The number of aromatic nitrogens is 2. The molecule has 0 fully saturated rings. The first-order valence-corrected chi connectivity index (χ1v) is 12.1. The lowest BCUT2D eigenvalue weighted by atomic mass is 9.94. The Morgan fingerprint density at radius 3 is 2.59 bits per heavy atom. The second kappa shape index (κ2) is 9.31. The van der Waals surface area contributed by atoms with Crippen LogP contribution in [0.3, 0.4) is 0 Å². The molecule has 2 heterocycles. The molecule has 32 heavy (non-hydrogen) atoms. The predicted molar refractivity (Wildman–Crippen MR) is 129 cm³/mol. The van der Waals surface area contributed by atoms with Gasteiger partial charge < -0.3 is 9.08 Å². The van der Waals surface area contributed by atoms with Gasteiger partial charge in [0.05, 0.1) is 11.7 Å². The average molecular weight is 516 g/mol. The van der Waals surface area contributed by atoms with Crippen molar-refractivity contribution in [1.82, 2.24) is 14.9 Å². The van der Waals surface area contributed by atoms with Crippen LogP contribution in [0.15, 0.2) is 69.8 Å². The fraction of sp³-hybridized carbons (Fsp3) is 0.250. The number of nitrogens with zero attached hydrogens (tertiary/aromatic N) is 2. The maximum absolute atomic E-state index is 14.6. The first-order chi connectivity index (χ1) is 15.2. The van der Waals surface area contributed by atoms with Crippen molar-refractivity contribution >= 4 is 38.3 Å². The van der Waals surface area contributed by atoms with Crippen LogP contribution in [-0.2, 0) is 17.8 Å². The van der Waals surface area contributed by atoms with Crippen LogP contribution in [0.4, 0.5) is 4.39 Å². The molecule has 0 radical (unpaired) electrons. The van der Waals surface area contributed by atoms with E-state index in [9.17, 15) is 8.94 Å². The molecule has 0 saturated carbocycles. The molecule has 0 aliphatic rings.